The number of carbonyl (C=O) groups is 1. The Morgan fingerprint density at radius 1 is 1.19 bits per heavy atom. The fourth-order valence-corrected chi connectivity index (χ4v) is 3.42. The van der Waals surface area contributed by atoms with E-state index in [2.05, 4.69) is 28.8 Å². The van der Waals surface area contributed by atoms with Gasteiger partial charge in [-0.3, -0.25) is 9.69 Å². The summed E-state index contributed by atoms with van der Waals surface area (Å²) in [5.41, 5.74) is 0. The van der Waals surface area contributed by atoms with Gasteiger partial charge in [-0.15, -0.1) is 0 Å². The van der Waals surface area contributed by atoms with Gasteiger partial charge in [0.2, 0.25) is 5.91 Å². The largest absolute Gasteiger partial charge is 0.385 e. The molecule has 2 saturated heterocycles. The second-order valence-corrected chi connectivity index (χ2v) is 6.75. The molecule has 122 valence electrons. The first-order valence-corrected chi connectivity index (χ1v) is 8.25. The first-order valence-electron chi connectivity index (χ1n) is 8.25. The van der Waals surface area contributed by atoms with Gasteiger partial charge < -0.3 is 14.5 Å². The summed E-state index contributed by atoms with van der Waals surface area (Å²) in [6, 6.07) is 0.609. The molecule has 2 aliphatic heterocycles. The van der Waals surface area contributed by atoms with Gasteiger partial charge in [0.1, 0.15) is 0 Å². The number of likely N-dealkylation sites (N-methyl/N-ethyl adjacent to an activating group) is 1. The van der Waals surface area contributed by atoms with E-state index in [1.54, 1.807) is 7.11 Å². The molecular weight excluding hydrogens is 266 g/mol. The minimum atomic E-state index is 0.319. The first-order chi connectivity index (χ1) is 10.1. The maximum absolute atomic E-state index is 12.4. The molecule has 1 amide bonds. The Hall–Kier alpha value is -0.650. The predicted molar refractivity (Wildman–Crippen MR) is 84.3 cm³/mol. The van der Waals surface area contributed by atoms with Gasteiger partial charge in [0.15, 0.2) is 0 Å². The molecule has 5 nitrogen and oxygen atoms in total. The van der Waals surface area contributed by atoms with E-state index >= 15 is 0 Å². The van der Waals surface area contributed by atoms with Gasteiger partial charge in [-0.2, -0.15) is 0 Å². The summed E-state index contributed by atoms with van der Waals surface area (Å²) < 4.78 is 5.15. The molecule has 0 bridgehead atoms. The summed E-state index contributed by atoms with van der Waals surface area (Å²) >= 11 is 0. The molecular formula is C16H31N3O2. The number of amides is 1. The molecule has 2 heterocycles. The Balaban J connectivity index is 1.68. The molecule has 1 atom stereocenters. The quantitative estimate of drug-likeness (QED) is 0.730. The van der Waals surface area contributed by atoms with Crippen LogP contribution in [-0.2, 0) is 9.53 Å². The van der Waals surface area contributed by atoms with Crippen LogP contribution in [0.15, 0.2) is 0 Å². The maximum atomic E-state index is 12.4. The van der Waals surface area contributed by atoms with E-state index in [0.29, 0.717) is 18.5 Å². The molecule has 0 aliphatic carbocycles. The van der Waals surface area contributed by atoms with Gasteiger partial charge in [-0.05, 0) is 45.7 Å². The third-order valence-corrected chi connectivity index (χ3v) is 5.03. The highest BCUT2D eigenvalue weighted by Gasteiger charge is 2.28. The van der Waals surface area contributed by atoms with Gasteiger partial charge in [-0.1, -0.05) is 0 Å². The van der Waals surface area contributed by atoms with Crippen molar-refractivity contribution in [2.75, 3.05) is 60.5 Å². The zero-order valence-corrected chi connectivity index (χ0v) is 13.9. The minimum absolute atomic E-state index is 0.319. The summed E-state index contributed by atoms with van der Waals surface area (Å²) in [5, 5.41) is 0. The van der Waals surface area contributed by atoms with Crippen molar-refractivity contribution in [3.63, 3.8) is 0 Å². The van der Waals surface area contributed by atoms with E-state index in [-0.39, 0.29) is 0 Å². The minimum Gasteiger partial charge on any atom is -0.385 e. The van der Waals surface area contributed by atoms with Crippen LogP contribution in [0.2, 0.25) is 0 Å². The summed E-state index contributed by atoms with van der Waals surface area (Å²) in [4.78, 5) is 19.0. The smallest absolute Gasteiger partial charge is 0.236 e. The summed E-state index contributed by atoms with van der Waals surface area (Å²) in [5.74, 6) is 1.05. The molecule has 0 saturated carbocycles. The monoisotopic (exact) mass is 297 g/mol. The van der Waals surface area contributed by atoms with Gasteiger partial charge in [0, 0.05) is 45.9 Å². The van der Waals surface area contributed by atoms with E-state index in [4.69, 9.17) is 4.74 Å². The Labute approximate surface area is 129 Å². The standard InChI is InChI=1S/C16H31N3O2/c1-17(2)15-6-8-18(12-15)13-16(20)19-9-4-14(5-10-19)7-11-21-3/h14-15H,4-13H2,1-3H3/t15-/m1/s1. The second-order valence-electron chi connectivity index (χ2n) is 6.75. The molecule has 0 N–H and O–H groups in total. The van der Waals surface area contributed by atoms with Crippen LogP contribution < -0.4 is 0 Å². The second kappa shape index (κ2) is 8.11. The van der Waals surface area contributed by atoms with Crippen molar-refractivity contribution >= 4 is 5.91 Å². The van der Waals surface area contributed by atoms with Crippen molar-refractivity contribution in [2.45, 2.75) is 31.7 Å². The Morgan fingerprint density at radius 3 is 2.48 bits per heavy atom. The summed E-state index contributed by atoms with van der Waals surface area (Å²) in [6.07, 6.45) is 4.58. The van der Waals surface area contributed by atoms with E-state index in [9.17, 15) is 4.79 Å². The highest BCUT2D eigenvalue weighted by molar-refractivity contribution is 5.78. The van der Waals surface area contributed by atoms with E-state index in [1.165, 1.54) is 6.42 Å². The molecule has 5 heteroatoms. The third-order valence-electron chi connectivity index (χ3n) is 5.03. The third kappa shape index (κ3) is 4.94. The molecule has 21 heavy (non-hydrogen) atoms. The van der Waals surface area contributed by atoms with Crippen LogP contribution in [-0.4, -0.2) is 87.2 Å². The Kier molecular flexibility index (Phi) is 6.45. The fraction of sp³-hybridized carbons (Fsp3) is 0.938. The Morgan fingerprint density at radius 2 is 1.90 bits per heavy atom. The van der Waals surface area contributed by atoms with Crippen LogP contribution in [0.5, 0.6) is 0 Å². The average molecular weight is 297 g/mol. The fourth-order valence-electron chi connectivity index (χ4n) is 3.42. The van der Waals surface area contributed by atoms with Crippen molar-refractivity contribution in [3.05, 3.63) is 0 Å². The number of carbonyl (C=O) groups excluding carboxylic acids is 1. The molecule has 2 fully saturated rings. The molecule has 2 rings (SSSR count). The lowest BCUT2D eigenvalue weighted by atomic mass is 9.94. The normalized spacial score (nSPS) is 25.0. The van der Waals surface area contributed by atoms with Crippen molar-refractivity contribution in [1.29, 1.82) is 0 Å². The lowest BCUT2D eigenvalue weighted by Gasteiger charge is -2.33. The van der Waals surface area contributed by atoms with Crippen molar-refractivity contribution in [3.8, 4) is 0 Å². The number of likely N-dealkylation sites (tertiary alicyclic amines) is 2. The van der Waals surface area contributed by atoms with Crippen molar-refractivity contribution in [1.82, 2.24) is 14.7 Å². The topological polar surface area (TPSA) is 36.0 Å². The van der Waals surface area contributed by atoms with Gasteiger partial charge in [0.05, 0.1) is 6.54 Å². The lowest BCUT2D eigenvalue weighted by molar-refractivity contribution is -0.133. The van der Waals surface area contributed by atoms with Crippen LogP contribution in [0, 0.1) is 5.92 Å². The van der Waals surface area contributed by atoms with Gasteiger partial charge in [0.25, 0.3) is 0 Å². The van der Waals surface area contributed by atoms with E-state index in [1.807, 2.05) is 0 Å². The highest BCUT2D eigenvalue weighted by atomic mass is 16.5. The maximum Gasteiger partial charge on any atom is 0.236 e. The molecule has 0 unspecified atom stereocenters. The number of ether oxygens (including phenoxy) is 1. The summed E-state index contributed by atoms with van der Waals surface area (Å²) in [7, 11) is 6.01. The summed E-state index contributed by atoms with van der Waals surface area (Å²) in [6.45, 7) is 5.39. The van der Waals surface area contributed by atoms with Crippen LogP contribution >= 0.6 is 0 Å². The average Bonchev–Trinajstić information content (AvgIpc) is 2.94. The predicted octanol–water partition coefficient (Wildman–Crippen LogP) is 0.897. The van der Waals surface area contributed by atoms with E-state index < -0.39 is 0 Å². The first kappa shape index (κ1) is 16.7. The van der Waals surface area contributed by atoms with Gasteiger partial charge in [-0.25, -0.2) is 0 Å². The number of nitrogens with zero attached hydrogens (tertiary/aromatic N) is 3. The number of piperidine rings is 1. The number of rotatable bonds is 6. The van der Waals surface area contributed by atoms with Crippen molar-refractivity contribution in [2.24, 2.45) is 5.92 Å². The van der Waals surface area contributed by atoms with Crippen LogP contribution in [0.3, 0.4) is 0 Å². The van der Waals surface area contributed by atoms with Crippen LogP contribution in [0.1, 0.15) is 25.7 Å². The van der Waals surface area contributed by atoms with Crippen LogP contribution in [0.4, 0.5) is 0 Å². The molecule has 0 aromatic carbocycles. The number of hydrogen-bond donors (Lipinski definition) is 0. The lowest BCUT2D eigenvalue weighted by Crippen LogP contribution is -2.44. The zero-order valence-electron chi connectivity index (χ0n) is 13.9. The number of methoxy groups -OCH3 is 1. The SMILES string of the molecule is COCCC1CCN(C(=O)CN2CC[C@@H](N(C)C)C2)CC1. The van der Waals surface area contributed by atoms with Gasteiger partial charge >= 0.3 is 0 Å². The molecule has 2 aliphatic rings. The molecule has 0 aromatic rings. The molecule has 0 spiro atoms. The Bertz CT molecular complexity index is 327. The molecule has 0 radical (unpaired) electrons. The van der Waals surface area contributed by atoms with Crippen molar-refractivity contribution < 1.29 is 9.53 Å². The highest BCUT2D eigenvalue weighted by Crippen LogP contribution is 2.21. The van der Waals surface area contributed by atoms with Crippen LogP contribution in [0.25, 0.3) is 0 Å². The molecule has 0 aromatic heterocycles. The zero-order chi connectivity index (χ0) is 15.2. The number of hydrogen-bond acceptors (Lipinski definition) is 4. The van der Waals surface area contributed by atoms with E-state index in [0.717, 1.165) is 58.0 Å².